The number of aromatic nitrogens is 3. The van der Waals surface area contributed by atoms with Gasteiger partial charge >= 0.3 is 0 Å². The van der Waals surface area contributed by atoms with Gasteiger partial charge in [-0.15, -0.1) is 0 Å². The first-order chi connectivity index (χ1) is 14.7. The van der Waals surface area contributed by atoms with Gasteiger partial charge in [0.2, 0.25) is 0 Å². The highest BCUT2D eigenvalue weighted by atomic mass is 16.5. The Hall–Kier alpha value is -3.19. The average molecular weight is 404 g/mol. The largest absolute Gasteiger partial charge is 0.496 e. The summed E-state index contributed by atoms with van der Waals surface area (Å²) in [5, 5.41) is 4.19. The van der Waals surface area contributed by atoms with Gasteiger partial charge in [-0.05, 0) is 43.0 Å². The van der Waals surface area contributed by atoms with Crippen molar-refractivity contribution in [3.05, 3.63) is 71.8 Å². The fraction of sp³-hybridized carbons (Fsp3) is 0.348. The molecule has 2 aliphatic rings. The van der Waals surface area contributed by atoms with Gasteiger partial charge < -0.3 is 14.4 Å². The Morgan fingerprint density at radius 3 is 2.73 bits per heavy atom. The number of piperidine rings is 1. The van der Waals surface area contributed by atoms with E-state index in [2.05, 4.69) is 16.1 Å². The van der Waals surface area contributed by atoms with E-state index in [4.69, 9.17) is 9.47 Å². The summed E-state index contributed by atoms with van der Waals surface area (Å²) in [4.78, 5) is 19.3. The van der Waals surface area contributed by atoms with E-state index in [1.54, 1.807) is 18.1 Å². The standard InChI is InChI=1S/C23H24N4O3/c1-29-20-8-4-5-17-9-14-30-23(21(17)20)10-12-26(13-11-23)22(28)18-6-2-3-7-19(18)27-16-24-15-25-27/h2-8,15-16H,9-14H2,1H3. The van der Waals surface area contributed by atoms with Crippen LogP contribution in [0.25, 0.3) is 5.69 Å². The summed E-state index contributed by atoms with van der Waals surface area (Å²) in [5.41, 5.74) is 3.43. The maximum absolute atomic E-state index is 13.4. The van der Waals surface area contributed by atoms with Crippen LogP contribution in [0.3, 0.4) is 0 Å². The van der Waals surface area contributed by atoms with Crippen LogP contribution in [-0.4, -0.2) is 52.4 Å². The Labute approximate surface area is 175 Å². The molecule has 30 heavy (non-hydrogen) atoms. The second-order valence-electron chi connectivity index (χ2n) is 7.74. The van der Waals surface area contributed by atoms with Crippen molar-refractivity contribution in [1.29, 1.82) is 0 Å². The highest BCUT2D eigenvalue weighted by molar-refractivity contribution is 5.97. The van der Waals surface area contributed by atoms with Crippen molar-refractivity contribution in [2.24, 2.45) is 0 Å². The van der Waals surface area contributed by atoms with Crippen LogP contribution < -0.4 is 4.74 Å². The summed E-state index contributed by atoms with van der Waals surface area (Å²) in [6, 6.07) is 13.7. The molecule has 3 heterocycles. The van der Waals surface area contributed by atoms with E-state index in [1.807, 2.05) is 41.3 Å². The van der Waals surface area contributed by atoms with Crippen LogP contribution in [0.5, 0.6) is 5.75 Å². The maximum Gasteiger partial charge on any atom is 0.256 e. The minimum absolute atomic E-state index is 0.00649. The van der Waals surface area contributed by atoms with E-state index in [0.717, 1.165) is 36.3 Å². The second kappa shape index (κ2) is 7.57. The third kappa shape index (κ3) is 3.06. The molecule has 1 saturated heterocycles. The molecule has 1 spiro atoms. The number of carbonyl (C=O) groups excluding carboxylic acids is 1. The molecule has 3 aromatic rings. The predicted molar refractivity (Wildman–Crippen MR) is 111 cm³/mol. The zero-order chi connectivity index (χ0) is 20.6. The van der Waals surface area contributed by atoms with Gasteiger partial charge in [0.25, 0.3) is 5.91 Å². The molecule has 0 atom stereocenters. The summed E-state index contributed by atoms with van der Waals surface area (Å²) in [5.74, 6) is 0.885. The SMILES string of the molecule is COc1cccc2c1C1(CCN(C(=O)c3ccccc3-n3cncn3)CC1)OCC2. The summed E-state index contributed by atoms with van der Waals surface area (Å²) in [7, 11) is 1.71. The average Bonchev–Trinajstić information content (AvgIpc) is 3.34. The highest BCUT2D eigenvalue weighted by Crippen LogP contribution is 2.46. The molecule has 154 valence electrons. The molecule has 2 aromatic carbocycles. The summed E-state index contributed by atoms with van der Waals surface area (Å²) in [6.07, 6.45) is 5.46. The van der Waals surface area contributed by atoms with Crippen LogP contribution >= 0.6 is 0 Å². The van der Waals surface area contributed by atoms with Crippen molar-refractivity contribution in [2.45, 2.75) is 24.9 Å². The topological polar surface area (TPSA) is 69.5 Å². The van der Waals surface area contributed by atoms with Crippen molar-refractivity contribution in [3.63, 3.8) is 0 Å². The number of para-hydroxylation sites is 1. The molecule has 1 aromatic heterocycles. The Kier molecular flexibility index (Phi) is 4.75. The van der Waals surface area contributed by atoms with Gasteiger partial charge in [0.1, 0.15) is 24.0 Å². The van der Waals surface area contributed by atoms with Crippen molar-refractivity contribution >= 4 is 5.91 Å². The maximum atomic E-state index is 13.4. The Morgan fingerprint density at radius 2 is 1.97 bits per heavy atom. The first-order valence-electron chi connectivity index (χ1n) is 10.3. The lowest BCUT2D eigenvalue weighted by Gasteiger charge is -2.45. The molecule has 2 aliphatic heterocycles. The van der Waals surface area contributed by atoms with E-state index in [-0.39, 0.29) is 11.5 Å². The molecule has 5 rings (SSSR count). The lowest BCUT2D eigenvalue weighted by atomic mass is 9.78. The number of ether oxygens (including phenoxy) is 2. The number of benzene rings is 2. The molecule has 1 fully saturated rings. The van der Waals surface area contributed by atoms with Crippen molar-refractivity contribution < 1.29 is 14.3 Å². The van der Waals surface area contributed by atoms with Gasteiger partial charge in [0.05, 0.1) is 25.0 Å². The normalized spacial score (nSPS) is 17.6. The van der Waals surface area contributed by atoms with Gasteiger partial charge in [-0.2, -0.15) is 5.10 Å². The van der Waals surface area contributed by atoms with Crippen LogP contribution in [0.1, 0.15) is 34.3 Å². The molecular weight excluding hydrogens is 380 g/mol. The monoisotopic (exact) mass is 404 g/mol. The van der Waals surface area contributed by atoms with Crippen LogP contribution in [-0.2, 0) is 16.8 Å². The van der Waals surface area contributed by atoms with Gasteiger partial charge in [0.15, 0.2) is 0 Å². The van der Waals surface area contributed by atoms with Crippen LogP contribution in [0.2, 0.25) is 0 Å². The smallest absolute Gasteiger partial charge is 0.256 e. The predicted octanol–water partition coefficient (Wildman–Crippen LogP) is 2.98. The number of rotatable bonds is 3. The zero-order valence-electron chi connectivity index (χ0n) is 17.0. The lowest BCUT2D eigenvalue weighted by molar-refractivity contribution is -0.0946. The Morgan fingerprint density at radius 1 is 1.13 bits per heavy atom. The molecule has 0 aliphatic carbocycles. The molecule has 0 saturated carbocycles. The van der Waals surface area contributed by atoms with Crippen LogP contribution in [0.15, 0.2) is 55.1 Å². The Balaban J connectivity index is 1.40. The van der Waals surface area contributed by atoms with Crippen molar-refractivity contribution in [3.8, 4) is 11.4 Å². The third-order valence-electron chi connectivity index (χ3n) is 6.20. The minimum atomic E-state index is -0.387. The molecule has 0 unspecified atom stereocenters. The molecule has 7 nitrogen and oxygen atoms in total. The molecule has 0 N–H and O–H groups in total. The highest BCUT2D eigenvalue weighted by Gasteiger charge is 2.43. The van der Waals surface area contributed by atoms with Gasteiger partial charge in [-0.25, -0.2) is 9.67 Å². The second-order valence-corrected chi connectivity index (χ2v) is 7.74. The van der Waals surface area contributed by atoms with Gasteiger partial charge in [0, 0.05) is 18.7 Å². The van der Waals surface area contributed by atoms with E-state index in [1.165, 1.54) is 11.9 Å². The van der Waals surface area contributed by atoms with Crippen LogP contribution in [0, 0.1) is 0 Å². The molecule has 0 bridgehead atoms. The number of nitrogens with zero attached hydrogens (tertiary/aromatic N) is 4. The van der Waals surface area contributed by atoms with E-state index in [0.29, 0.717) is 25.3 Å². The first kappa shape index (κ1) is 18.8. The number of fused-ring (bicyclic) bond motifs is 2. The fourth-order valence-electron chi connectivity index (χ4n) is 4.72. The molecule has 7 heteroatoms. The minimum Gasteiger partial charge on any atom is -0.496 e. The van der Waals surface area contributed by atoms with Gasteiger partial charge in [-0.1, -0.05) is 24.3 Å². The summed E-state index contributed by atoms with van der Waals surface area (Å²) < 4.78 is 13.6. The van der Waals surface area contributed by atoms with E-state index >= 15 is 0 Å². The van der Waals surface area contributed by atoms with Crippen molar-refractivity contribution in [2.75, 3.05) is 26.8 Å². The first-order valence-corrected chi connectivity index (χ1v) is 10.3. The van der Waals surface area contributed by atoms with Crippen molar-refractivity contribution in [1.82, 2.24) is 19.7 Å². The lowest BCUT2D eigenvalue weighted by Crippen LogP contribution is -2.48. The third-order valence-corrected chi connectivity index (χ3v) is 6.20. The number of likely N-dealkylation sites (tertiary alicyclic amines) is 1. The van der Waals surface area contributed by atoms with Gasteiger partial charge in [-0.3, -0.25) is 4.79 Å². The zero-order valence-corrected chi connectivity index (χ0v) is 17.0. The summed E-state index contributed by atoms with van der Waals surface area (Å²) >= 11 is 0. The van der Waals surface area contributed by atoms with E-state index in [9.17, 15) is 4.79 Å². The number of carbonyl (C=O) groups is 1. The number of methoxy groups -OCH3 is 1. The molecular formula is C23H24N4O3. The number of hydrogen-bond donors (Lipinski definition) is 0. The number of amides is 1. The Bertz CT molecular complexity index is 1040. The fourth-order valence-corrected chi connectivity index (χ4v) is 4.72. The molecule has 1 amide bonds. The summed E-state index contributed by atoms with van der Waals surface area (Å²) in [6.45, 7) is 1.95. The molecule has 0 radical (unpaired) electrons. The van der Waals surface area contributed by atoms with E-state index < -0.39 is 0 Å². The number of hydrogen-bond acceptors (Lipinski definition) is 5. The van der Waals surface area contributed by atoms with Crippen LogP contribution in [0.4, 0.5) is 0 Å². The quantitative estimate of drug-likeness (QED) is 0.671.